The van der Waals surface area contributed by atoms with Crippen LogP contribution in [-0.4, -0.2) is 43.7 Å². The van der Waals surface area contributed by atoms with Gasteiger partial charge in [-0.05, 0) is 26.6 Å². The first-order valence-corrected chi connectivity index (χ1v) is 6.27. The van der Waals surface area contributed by atoms with E-state index in [1.165, 1.54) is 5.69 Å². The van der Waals surface area contributed by atoms with Gasteiger partial charge in [-0.2, -0.15) is 0 Å². The van der Waals surface area contributed by atoms with Gasteiger partial charge in [-0.25, -0.2) is 0 Å². The van der Waals surface area contributed by atoms with Crippen molar-refractivity contribution in [3.63, 3.8) is 0 Å². The molecule has 0 radical (unpaired) electrons. The SMILES string of the molecule is CCCN(CCN(C)C)c1ccccc1CO. The van der Waals surface area contributed by atoms with Crippen molar-refractivity contribution in [1.82, 2.24) is 4.90 Å². The van der Waals surface area contributed by atoms with Crippen molar-refractivity contribution in [2.45, 2.75) is 20.0 Å². The van der Waals surface area contributed by atoms with Crippen molar-refractivity contribution in [1.29, 1.82) is 0 Å². The van der Waals surface area contributed by atoms with E-state index in [-0.39, 0.29) is 6.61 Å². The summed E-state index contributed by atoms with van der Waals surface area (Å²) in [5.74, 6) is 0. The highest BCUT2D eigenvalue weighted by atomic mass is 16.3. The van der Waals surface area contributed by atoms with Gasteiger partial charge < -0.3 is 14.9 Å². The average molecular weight is 236 g/mol. The maximum absolute atomic E-state index is 9.38. The minimum Gasteiger partial charge on any atom is -0.392 e. The Morgan fingerprint density at radius 1 is 1.06 bits per heavy atom. The first kappa shape index (κ1) is 14.0. The number of aliphatic hydroxyl groups excluding tert-OH is 1. The lowest BCUT2D eigenvalue weighted by atomic mass is 10.1. The molecular formula is C14H24N2O. The Hall–Kier alpha value is -1.06. The second-order valence-corrected chi connectivity index (χ2v) is 4.58. The third-order valence-corrected chi connectivity index (χ3v) is 2.81. The monoisotopic (exact) mass is 236 g/mol. The van der Waals surface area contributed by atoms with Crippen molar-refractivity contribution in [3.8, 4) is 0 Å². The first-order valence-electron chi connectivity index (χ1n) is 6.27. The number of anilines is 1. The quantitative estimate of drug-likeness (QED) is 0.784. The standard InChI is InChI=1S/C14H24N2O/c1-4-9-16(11-10-15(2)3)14-8-6-5-7-13(14)12-17/h5-8,17H,4,9-12H2,1-3H3. The van der Waals surface area contributed by atoms with Crippen LogP contribution in [0, 0.1) is 0 Å². The van der Waals surface area contributed by atoms with E-state index in [4.69, 9.17) is 0 Å². The number of rotatable bonds is 7. The summed E-state index contributed by atoms with van der Waals surface area (Å²) in [6.07, 6.45) is 1.12. The second kappa shape index (κ2) is 7.30. The third-order valence-electron chi connectivity index (χ3n) is 2.81. The molecule has 3 nitrogen and oxygen atoms in total. The Morgan fingerprint density at radius 3 is 2.35 bits per heavy atom. The number of para-hydroxylation sites is 1. The van der Waals surface area contributed by atoms with Crippen molar-refractivity contribution >= 4 is 5.69 Å². The molecule has 17 heavy (non-hydrogen) atoms. The summed E-state index contributed by atoms with van der Waals surface area (Å²) in [7, 11) is 4.17. The minimum absolute atomic E-state index is 0.109. The summed E-state index contributed by atoms with van der Waals surface area (Å²) in [5.41, 5.74) is 2.18. The maximum atomic E-state index is 9.38. The average Bonchev–Trinajstić information content (AvgIpc) is 2.34. The predicted octanol–water partition coefficient (Wildman–Crippen LogP) is 1.96. The van der Waals surface area contributed by atoms with Gasteiger partial charge in [0.25, 0.3) is 0 Å². The normalized spacial score (nSPS) is 10.9. The lowest BCUT2D eigenvalue weighted by Gasteiger charge is -2.27. The Kier molecular flexibility index (Phi) is 6.01. The van der Waals surface area contributed by atoms with Gasteiger partial charge in [0.15, 0.2) is 0 Å². The van der Waals surface area contributed by atoms with Crippen molar-refractivity contribution in [2.75, 3.05) is 38.6 Å². The topological polar surface area (TPSA) is 26.7 Å². The second-order valence-electron chi connectivity index (χ2n) is 4.58. The van der Waals surface area contributed by atoms with Gasteiger partial charge in [0.2, 0.25) is 0 Å². The van der Waals surface area contributed by atoms with Gasteiger partial charge >= 0.3 is 0 Å². The molecule has 1 N–H and O–H groups in total. The number of hydrogen-bond donors (Lipinski definition) is 1. The molecule has 96 valence electrons. The summed E-state index contributed by atoms with van der Waals surface area (Å²) >= 11 is 0. The smallest absolute Gasteiger partial charge is 0.0702 e. The van der Waals surface area contributed by atoms with Crippen LogP contribution in [0.25, 0.3) is 0 Å². The van der Waals surface area contributed by atoms with E-state index in [0.29, 0.717) is 0 Å². The van der Waals surface area contributed by atoms with E-state index in [1.807, 2.05) is 18.2 Å². The summed E-state index contributed by atoms with van der Waals surface area (Å²) in [6.45, 7) is 5.35. The van der Waals surface area contributed by atoms with Crippen molar-refractivity contribution in [3.05, 3.63) is 29.8 Å². The molecule has 0 aliphatic heterocycles. The molecule has 0 aliphatic rings. The van der Waals surface area contributed by atoms with Crippen LogP contribution in [-0.2, 0) is 6.61 Å². The molecule has 0 aromatic heterocycles. The molecular weight excluding hydrogens is 212 g/mol. The zero-order valence-electron chi connectivity index (χ0n) is 11.2. The molecule has 0 heterocycles. The zero-order chi connectivity index (χ0) is 12.7. The van der Waals surface area contributed by atoms with Crippen LogP contribution in [0.4, 0.5) is 5.69 Å². The maximum Gasteiger partial charge on any atom is 0.0702 e. The van der Waals surface area contributed by atoms with Gasteiger partial charge in [0.05, 0.1) is 6.61 Å². The molecule has 3 heteroatoms. The largest absolute Gasteiger partial charge is 0.392 e. The molecule has 0 amide bonds. The van der Waals surface area contributed by atoms with E-state index in [0.717, 1.165) is 31.6 Å². The fraction of sp³-hybridized carbons (Fsp3) is 0.571. The molecule has 0 saturated heterocycles. The zero-order valence-corrected chi connectivity index (χ0v) is 11.2. The molecule has 1 rings (SSSR count). The molecule has 0 saturated carbocycles. The number of aliphatic hydroxyl groups is 1. The highest BCUT2D eigenvalue weighted by Gasteiger charge is 2.09. The number of hydrogen-bond acceptors (Lipinski definition) is 3. The van der Waals surface area contributed by atoms with Gasteiger partial charge in [0.1, 0.15) is 0 Å². The summed E-state index contributed by atoms with van der Waals surface area (Å²) in [4.78, 5) is 4.54. The molecule has 1 aromatic rings. The number of benzene rings is 1. The van der Waals surface area contributed by atoms with E-state index >= 15 is 0 Å². The lowest BCUT2D eigenvalue weighted by molar-refractivity contribution is 0.282. The van der Waals surface area contributed by atoms with Crippen LogP contribution < -0.4 is 4.90 Å². The highest BCUT2D eigenvalue weighted by Crippen LogP contribution is 2.20. The fourth-order valence-corrected chi connectivity index (χ4v) is 1.90. The van der Waals surface area contributed by atoms with Crippen molar-refractivity contribution < 1.29 is 5.11 Å². The van der Waals surface area contributed by atoms with Crippen LogP contribution >= 0.6 is 0 Å². The molecule has 0 spiro atoms. The van der Waals surface area contributed by atoms with Crippen LogP contribution in [0.2, 0.25) is 0 Å². The van der Waals surface area contributed by atoms with Gasteiger partial charge in [-0.15, -0.1) is 0 Å². The predicted molar refractivity (Wildman–Crippen MR) is 73.4 cm³/mol. The summed E-state index contributed by atoms with van der Waals surface area (Å²) < 4.78 is 0. The number of nitrogens with zero attached hydrogens (tertiary/aromatic N) is 2. The Labute approximate surface area is 105 Å². The minimum atomic E-state index is 0.109. The van der Waals surface area contributed by atoms with Crippen LogP contribution in [0.15, 0.2) is 24.3 Å². The Bertz CT molecular complexity index is 326. The fourth-order valence-electron chi connectivity index (χ4n) is 1.90. The Morgan fingerprint density at radius 2 is 1.76 bits per heavy atom. The summed E-state index contributed by atoms with van der Waals surface area (Å²) in [5, 5.41) is 9.38. The Balaban J connectivity index is 2.80. The van der Waals surface area contributed by atoms with Gasteiger partial charge in [0, 0.05) is 30.9 Å². The van der Waals surface area contributed by atoms with Gasteiger partial charge in [-0.3, -0.25) is 0 Å². The van der Waals surface area contributed by atoms with E-state index < -0.39 is 0 Å². The van der Waals surface area contributed by atoms with E-state index in [9.17, 15) is 5.11 Å². The lowest BCUT2D eigenvalue weighted by Crippen LogP contribution is -2.33. The number of likely N-dealkylation sites (N-methyl/N-ethyl adjacent to an activating group) is 1. The molecule has 0 aliphatic carbocycles. The van der Waals surface area contributed by atoms with Crippen LogP contribution in [0.5, 0.6) is 0 Å². The first-order chi connectivity index (χ1) is 8.19. The van der Waals surface area contributed by atoms with E-state index in [2.05, 4.69) is 36.9 Å². The molecule has 0 unspecified atom stereocenters. The van der Waals surface area contributed by atoms with Crippen LogP contribution in [0.3, 0.4) is 0 Å². The third kappa shape index (κ3) is 4.36. The molecule has 0 atom stereocenters. The van der Waals surface area contributed by atoms with E-state index in [1.54, 1.807) is 0 Å². The van der Waals surface area contributed by atoms with Gasteiger partial charge in [-0.1, -0.05) is 25.1 Å². The van der Waals surface area contributed by atoms with Crippen LogP contribution in [0.1, 0.15) is 18.9 Å². The highest BCUT2D eigenvalue weighted by molar-refractivity contribution is 5.53. The van der Waals surface area contributed by atoms with Crippen molar-refractivity contribution in [2.24, 2.45) is 0 Å². The molecule has 0 bridgehead atoms. The molecule has 0 fully saturated rings. The summed E-state index contributed by atoms with van der Waals surface area (Å²) in [6, 6.07) is 8.10. The molecule has 1 aromatic carbocycles.